The van der Waals surface area contributed by atoms with Gasteiger partial charge in [-0.25, -0.2) is 0 Å². The first-order valence-corrected chi connectivity index (χ1v) is 6.19. The van der Waals surface area contributed by atoms with Crippen molar-refractivity contribution in [1.29, 1.82) is 0 Å². The molecule has 0 saturated carbocycles. The Morgan fingerprint density at radius 3 is 2.78 bits per heavy atom. The third-order valence-corrected chi connectivity index (χ3v) is 2.41. The molecule has 98 valence electrons. The summed E-state index contributed by atoms with van der Waals surface area (Å²) in [5.41, 5.74) is 1.98. The zero-order valence-electron chi connectivity index (χ0n) is 11.0. The topological polar surface area (TPSA) is 38.7 Å². The lowest BCUT2D eigenvalue weighted by Crippen LogP contribution is -2.03. The smallest absolute Gasteiger partial charge is 0.119 e. The molecule has 3 nitrogen and oxygen atoms in total. The van der Waals surface area contributed by atoms with Gasteiger partial charge in [-0.05, 0) is 37.6 Å². The van der Waals surface area contributed by atoms with Crippen LogP contribution < -0.4 is 4.74 Å². The molecule has 0 radical (unpaired) electrons. The highest BCUT2D eigenvalue weighted by Gasteiger charge is 1.98. The van der Waals surface area contributed by atoms with Crippen molar-refractivity contribution in [1.82, 2.24) is 0 Å². The van der Waals surface area contributed by atoms with Crippen LogP contribution in [0.4, 0.5) is 0 Å². The average Bonchev–Trinajstić information content (AvgIpc) is 2.37. The summed E-state index contributed by atoms with van der Waals surface area (Å²) < 4.78 is 10.9. The number of hydrogen-bond acceptors (Lipinski definition) is 3. The maximum Gasteiger partial charge on any atom is 0.119 e. The lowest BCUT2D eigenvalue weighted by molar-refractivity contribution is 0.131. The SMILES string of the molecule is CCOCCCOc1ccc(C#CCO)c(C)c1. The summed E-state index contributed by atoms with van der Waals surface area (Å²) >= 11 is 0. The Morgan fingerprint density at radius 1 is 1.28 bits per heavy atom. The molecule has 1 aromatic rings. The Kier molecular flexibility index (Phi) is 6.93. The van der Waals surface area contributed by atoms with Crippen LogP contribution in [0.25, 0.3) is 0 Å². The Labute approximate surface area is 109 Å². The van der Waals surface area contributed by atoms with Gasteiger partial charge in [-0.2, -0.15) is 0 Å². The Hall–Kier alpha value is -1.50. The van der Waals surface area contributed by atoms with Gasteiger partial charge in [0.25, 0.3) is 0 Å². The molecule has 0 aliphatic heterocycles. The van der Waals surface area contributed by atoms with Crippen molar-refractivity contribution in [2.75, 3.05) is 26.4 Å². The molecule has 1 N–H and O–H groups in total. The van der Waals surface area contributed by atoms with E-state index in [0.29, 0.717) is 6.61 Å². The predicted molar refractivity (Wildman–Crippen MR) is 71.7 cm³/mol. The molecule has 0 fully saturated rings. The molecule has 0 aliphatic rings. The van der Waals surface area contributed by atoms with Gasteiger partial charge in [0.15, 0.2) is 0 Å². The molecular weight excluding hydrogens is 228 g/mol. The Balaban J connectivity index is 2.46. The van der Waals surface area contributed by atoms with E-state index in [1.807, 2.05) is 32.0 Å². The molecule has 1 rings (SSSR count). The van der Waals surface area contributed by atoms with E-state index in [9.17, 15) is 0 Å². The highest BCUT2D eigenvalue weighted by atomic mass is 16.5. The van der Waals surface area contributed by atoms with E-state index in [1.165, 1.54) is 0 Å². The highest BCUT2D eigenvalue weighted by Crippen LogP contribution is 2.16. The van der Waals surface area contributed by atoms with Gasteiger partial charge in [-0.15, -0.1) is 0 Å². The Bertz CT molecular complexity index is 415. The van der Waals surface area contributed by atoms with Crippen LogP contribution >= 0.6 is 0 Å². The van der Waals surface area contributed by atoms with Gasteiger partial charge in [0, 0.05) is 25.2 Å². The van der Waals surface area contributed by atoms with Gasteiger partial charge >= 0.3 is 0 Å². The fourth-order valence-electron chi connectivity index (χ4n) is 1.50. The molecule has 0 atom stereocenters. The molecule has 3 heteroatoms. The third-order valence-electron chi connectivity index (χ3n) is 2.41. The van der Waals surface area contributed by atoms with E-state index in [1.54, 1.807) is 0 Å². The van der Waals surface area contributed by atoms with E-state index >= 15 is 0 Å². The molecule has 1 aromatic carbocycles. The summed E-state index contributed by atoms with van der Waals surface area (Å²) in [6.45, 7) is 5.98. The lowest BCUT2D eigenvalue weighted by Gasteiger charge is -2.07. The Morgan fingerprint density at radius 2 is 2.11 bits per heavy atom. The second kappa shape index (κ2) is 8.57. The number of ether oxygens (including phenoxy) is 2. The molecule has 0 saturated heterocycles. The van der Waals surface area contributed by atoms with Crippen LogP contribution in [-0.2, 0) is 4.74 Å². The predicted octanol–water partition coefficient (Wildman–Crippen LogP) is 2.14. The average molecular weight is 248 g/mol. The largest absolute Gasteiger partial charge is 0.493 e. The molecular formula is C15H20O3. The van der Waals surface area contributed by atoms with Crippen molar-refractivity contribution in [3.05, 3.63) is 29.3 Å². The van der Waals surface area contributed by atoms with Crippen LogP contribution in [0.2, 0.25) is 0 Å². The summed E-state index contributed by atoms with van der Waals surface area (Å²) in [5, 5.41) is 8.65. The van der Waals surface area contributed by atoms with Gasteiger partial charge in [0.2, 0.25) is 0 Å². The van der Waals surface area contributed by atoms with Crippen molar-refractivity contribution < 1.29 is 14.6 Å². The van der Waals surface area contributed by atoms with Crippen LogP contribution in [-0.4, -0.2) is 31.5 Å². The summed E-state index contributed by atoms with van der Waals surface area (Å²) in [6, 6.07) is 5.77. The van der Waals surface area contributed by atoms with Crippen molar-refractivity contribution >= 4 is 0 Å². The van der Waals surface area contributed by atoms with Gasteiger partial charge in [0.1, 0.15) is 12.4 Å². The van der Waals surface area contributed by atoms with E-state index in [0.717, 1.165) is 36.5 Å². The van der Waals surface area contributed by atoms with E-state index in [4.69, 9.17) is 14.6 Å². The normalized spacial score (nSPS) is 9.72. The first kappa shape index (κ1) is 14.6. The zero-order valence-corrected chi connectivity index (χ0v) is 11.0. The summed E-state index contributed by atoms with van der Waals surface area (Å²) in [4.78, 5) is 0. The summed E-state index contributed by atoms with van der Waals surface area (Å²) in [5.74, 6) is 6.38. The summed E-state index contributed by atoms with van der Waals surface area (Å²) in [6.07, 6.45) is 0.888. The van der Waals surface area contributed by atoms with E-state index in [-0.39, 0.29) is 6.61 Å². The van der Waals surface area contributed by atoms with Gasteiger partial charge in [-0.1, -0.05) is 11.8 Å². The number of rotatable bonds is 6. The number of aryl methyl sites for hydroxylation is 1. The van der Waals surface area contributed by atoms with Crippen molar-refractivity contribution in [2.24, 2.45) is 0 Å². The molecule has 0 heterocycles. The lowest BCUT2D eigenvalue weighted by atomic mass is 10.1. The van der Waals surface area contributed by atoms with Gasteiger partial charge in [0.05, 0.1) is 6.61 Å². The van der Waals surface area contributed by atoms with Crippen molar-refractivity contribution in [3.8, 4) is 17.6 Å². The maximum absolute atomic E-state index is 8.65. The summed E-state index contributed by atoms with van der Waals surface area (Å²) in [7, 11) is 0. The molecule has 0 aromatic heterocycles. The second-order valence-electron chi connectivity index (χ2n) is 3.84. The monoisotopic (exact) mass is 248 g/mol. The molecule has 0 unspecified atom stereocenters. The minimum Gasteiger partial charge on any atom is -0.493 e. The number of aliphatic hydroxyl groups excluding tert-OH is 1. The van der Waals surface area contributed by atoms with Crippen LogP contribution in [0.1, 0.15) is 24.5 Å². The van der Waals surface area contributed by atoms with E-state index < -0.39 is 0 Å². The maximum atomic E-state index is 8.65. The minimum atomic E-state index is -0.116. The molecule has 0 amide bonds. The van der Waals surface area contributed by atoms with Crippen molar-refractivity contribution in [3.63, 3.8) is 0 Å². The van der Waals surface area contributed by atoms with E-state index in [2.05, 4.69) is 11.8 Å². The number of aliphatic hydroxyl groups is 1. The van der Waals surface area contributed by atoms with Crippen LogP contribution in [0.15, 0.2) is 18.2 Å². The second-order valence-corrected chi connectivity index (χ2v) is 3.84. The first-order valence-electron chi connectivity index (χ1n) is 6.19. The number of hydrogen-bond donors (Lipinski definition) is 1. The zero-order chi connectivity index (χ0) is 13.2. The molecule has 0 spiro atoms. The van der Waals surface area contributed by atoms with Gasteiger partial charge in [-0.3, -0.25) is 0 Å². The molecule has 0 bridgehead atoms. The molecule has 0 aliphatic carbocycles. The standard InChI is InChI=1S/C15H20O3/c1-3-17-10-5-11-18-15-8-7-14(6-4-9-16)13(2)12-15/h7-8,12,16H,3,5,9-11H2,1-2H3. The third kappa shape index (κ3) is 5.22. The minimum absolute atomic E-state index is 0.116. The quantitative estimate of drug-likeness (QED) is 0.619. The van der Waals surface area contributed by atoms with Crippen LogP contribution in [0, 0.1) is 18.8 Å². The number of benzene rings is 1. The van der Waals surface area contributed by atoms with Crippen LogP contribution in [0.3, 0.4) is 0 Å². The van der Waals surface area contributed by atoms with Gasteiger partial charge < -0.3 is 14.6 Å². The highest BCUT2D eigenvalue weighted by molar-refractivity contribution is 5.44. The molecule has 18 heavy (non-hydrogen) atoms. The van der Waals surface area contributed by atoms with Crippen LogP contribution in [0.5, 0.6) is 5.75 Å². The fourth-order valence-corrected chi connectivity index (χ4v) is 1.50. The fraction of sp³-hybridized carbons (Fsp3) is 0.467. The first-order chi connectivity index (χ1) is 8.77. The van der Waals surface area contributed by atoms with Crippen molar-refractivity contribution in [2.45, 2.75) is 20.3 Å².